The Morgan fingerprint density at radius 1 is 1.00 bits per heavy atom. The topological polar surface area (TPSA) is 74.2 Å². The zero-order valence-corrected chi connectivity index (χ0v) is 14.6. The quantitative estimate of drug-likeness (QED) is 0.781. The van der Waals surface area contributed by atoms with E-state index in [1.807, 2.05) is 30.3 Å². The lowest BCUT2D eigenvalue weighted by Crippen LogP contribution is -2.45. The second-order valence-electron chi connectivity index (χ2n) is 6.40. The van der Waals surface area contributed by atoms with Crippen LogP contribution in [-0.2, 0) is 0 Å². The smallest absolute Gasteiger partial charge is 0.274 e. The van der Waals surface area contributed by atoms with Gasteiger partial charge in [-0.2, -0.15) is 0 Å². The molecule has 1 aliphatic heterocycles. The zero-order valence-electron chi connectivity index (χ0n) is 14.6. The molecule has 0 saturated carbocycles. The minimum Gasteiger partial charge on any atom is -0.338 e. The molecule has 132 valence electrons. The number of fused-ring (bicyclic) bond motifs is 1. The van der Waals surface area contributed by atoms with Gasteiger partial charge in [0.2, 0.25) is 5.95 Å². The van der Waals surface area contributed by atoms with E-state index in [0.29, 0.717) is 17.3 Å². The number of aromatic nitrogens is 3. The molecule has 0 atom stereocenters. The van der Waals surface area contributed by atoms with Crippen LogP contribution in [0, 0.1) is 0 Å². The number of piperazine rings is 1. The third-order valence-electron chi connectivity index (χ3n) is 4.57. The van der Waals surface area contributed by atoms with Crippen molar-refractivity contribution in [3.8, 4) is 0 Å². The summed E-state index contributed by atoms with van der Waals surface area (Å²) < 4.78 is 0. The van der Waals surface area contributed by atoms with Crippen molar-refractivity contribution in [1.29, 1.82) is 0 Å². The fourth-order valence-electron chi connectivity index (χ4n) is 3.05. The highest BCUT2D eigenvalue weighted by molar-refractivity contribution is 6.11. The lowest BCUT2D eigenvalue weighted by molar-refractivity contribution is 0.102. The van der Waals surface area contributed by atoms with Crippen molar-refractivity contribution < 1.29 is 4.79 Å². The van der Waals surface area contributed by atoms with Crippen LogP contribution in [0.5, 0.6) is 0 Å². The maximum absolute atomic E-state index is 12.6. The van der Waals surface area contributed by atoms with E-state index in [4.69, 9.17) is 0 Å². The molecule has 7 heteroatoms. The van der Waals surface area contributed by atoms with Crippen LogP contribution in [0.1, 0.15) is 10.5 Å². The van der Waals surface area contributed by atoms with Crippen LogP contribution < -0.4 is 10.2 Å². The predicted octanol–water partition coefficient (Wildman–Crippen LogP) is 2.03. The molecule has 0 bridgehead atoms. The Balaban J connectivity index is 1.49. The third kappa shape index (κ3) is 3.34. The molecule has 26 heavy (non-hydrogen) atoms. The molecular formula is C19H20N6O. The summed E-state index contributed by atoms with van der Waals surface area (Å²) in [5, 5.41) is 4.64. The number of nitrogens with zero attached hydrogens (tertiary/aromatic N) is 5. The van der Waals surface area contributed by atoms with E-state index in [-0.39, 0.29) is 5.91 Å². The van der Waals surface area contributed by atoms with E-state index in [9.17, 15) is 4.79 Å². The van der Waals surface area contributed by atoms with Crippen LogP contribution in [-0.4, -0.2) is 59.0 Å². The van der Waals surface area contributed by atoms with Gasteiger partial charge < -0.3 is 15.1 Å². The van der Waals surface area contributed by atoms with E-state index < -0.39 is 0 Å². The van der Waals surface area contributed by atoms with Gasteiger partial charge in [0.1, 0.15) is 5.69 Å². The van der Waals surface area contributed by atoms with Crippen molar-refractivity contribution >= 4 is 28.3 Å². The average Bonchev–Trinajstić information content (AvgIpc) is 2.69. The zero-order chi connectivity index (χ0) is 17.9. The van der Waals surface area contributed by atoms with Gasteiger partial charge in [0.25, 0.3) is 5.91 Å². The first-order chi connectivity index (χ1) is 12.7. The van der Waals surface area contributed by atoms with Crippen LogP contribution in [0.25, 0.3) is 10.8 Å². The number of nitrogens with one attached hydrogen (secondary N) is 1. The summed E-state index contributed by atoms with van der Waals surface area (Å²) in [6, 6.07) is 9.58. The summed E-state index contributed by atoms with van der Waals surface area (Å²) >= 11 is 0. The lowest BCUT2D eigenvalue weighted by Gasteiger charge is -2.32. The highest BCUT2D eigenvalue weighted by Crippen LogP contribution is 2.18. The first-order valence-corrected chi connectivity index (χ1v) is 8.61. The van der Waals surface area contributed by atoms with E-state index in [1.54, 1.807) is 18.6 Å². The molecule has 0 aliphatic carbocycles. The monoisotopic (exact) mass is 348 g/mol. The highest BCUT2D eigenvalue weighted by Gasteiger charge is 2.17. The number of amides is 1. The Morgan fingerprint density at radius 2 is 1.73 bits per heavy atom. The molecule has 0 unspecified atom stereocenters. The highest BCUT2D eigenvalue weighted by atomic mass is 16.1. The van der Waals surface area contributed by atoms with Crippen molar-refractivity contribution in [1.82, 2.24) is 19.9 Å². The molecule has 0 spiro atoms. The Morgan fingerprint density at radius 3 is 2.50 bits per heavy atom. The van der Waals surface area contributed by atoms with Gasteiger partial charge in [0.05, 0.1) is 18.1 Å². The van der Waals surface area contributed by atoms with Crippen LogP contribution in [0.4, 0.5) is 11.6 Å². The Hall–Kier alpha value is -3.06. The molecule has 4 rings (SSSR count). The van der Waals surface area contributed by atoms with Gasteiger partial charge in [-0.15, -0.1) is 0 Å². The minimum atomic E-state index is -0.266. The fourth-order valence-corrected chi connectivity index (χ4v) is 3.05. The van der Waals surface area contributed by atoms with Gasteiger partial charge in [-0.25, -0.2) is 9.97 Å². The Kier molecular flexibility index (Phi) is 4.45. The summed E-state index contributed by atoms with van der Waals surface area (Å²) in [6.07, 6.45) is 4.93. The molecule has 1 aliphatic rings. The van der Waals surface area contributed by atoms with Crippen molar-refractivity contribution in [2.75, 3.05) is 43.4 Å². The van der Waals surface area contributed by atoms with Crippen molar-refractivity contribution in [3.63, 3.8) is 0 Å². The Labute approximate surface area is 151 Å². The summed E-state index contributed by atoms with van der Waals surface area (Å²) in [7, 11) is 2.11. The first-order valence-electron chi connectivity index (χ1n) is 8.61. The predicted molar refractivity (Wildman–Crippen MR) is 101 cm³/mol. The number of likely N-dealkylation sites (N-methyl/N-ethyl adjacent to an activating group) is 1. The molecule has 7 nitrogen and oxygen atoms in total. The molecule has 2 aromatic heterocycles. The van der Waals surface area contributed by atoms with Gasteiger partial charge in [-0.1, -0.05) is 24.3 Å². The van der Waals surface area contributed by atoms with Crippen LogP contribution in [0.15, 0.2) is 48.9 Å². The van der Waals surface area contributed by atoms with Gasteiger partial charge >= 0.3 is 0 Å². The number of anilines is 2. The van der Waals surface area contributed by atoms with Gasteiger partial charge in [0, 0.05) is 37.8 Å². The van der Waals surface area contributed by atoms with E-state index in [1.165, 1.54) is 0 Å². The fraction of sp³-hybridized carbons (Fsp3) is 0.263. The summed E-state index contributed by atoms with van der Waals surface area (Å²) in [4.78, 5) is 30.1. The van der Waals surface area contributed by atoms with Gasteiger partial charge in [-0.05, 0) is 18.5 Å². The molecule has 1 saturated heterocycles. The number of benzene rings is 1. The first kappa shape index (κ1) is 16.4. The largest absolute Gasteiger partial charge is 0.338 e. The number of carbonyl (C=O) groups excluding carboxylic acids is 1. The second-order valence-corrected chi connectivity index (χ2v) is 6.40. The molecule has 3 aromatic rings. The Bertz CT molecular complexity index is 913. The normalized spacial score (nSPS) is 15.2. The van der Waals surface area contributed by atoms with E-state index in [2.05, 4.69) is 37.1 Å². The average molecular weight is 348 g/mol. The molecule has 3 heterocycles. The lowest BCUT2D eigenvalue weighted by atomic mass is 10.1. The van der Waals surface area contributed by atoms with E-state index in [0.717, 1.165) is 37.0 Å². The molecule has 1 aromatic carbocycles. The molecule has 1 N–H and O–H groups in total. The summed E-state index contributed by atoms with van der Waals surface area (Å²) in [5.74, 6) is 0.428. The summed E-state index contributed by atoms with van der Waals surface area (Å²) in [6.45, 7) is 3.80. The van der Waals surface area contributed by atoms with E-state index >= 15 is 0 Å². The minimum absolute atomic E-state index is 0.266. The van der Waals surface area contributed by atoms with Crippen molar-refractivity contribution in [3.05, 3.63) is 54.6 Å². The standard InChI is InChI=1S/C19H20N6O/c1-24-8-10-25(11-9-24)19-21-12-15(13-22-19)23-18(26)17-16-5-3-2-4-14(16)6-7-20-17/h2-7,12-13H,8-11H2,1H3,(H,23,26). The molecule has 0 radical (unpaired) electrons. The molecule has 1 amide bonds. The number of hydrogen-bond donors (Lipinski definition) is 1. The van der Waals surface area contributed by atoms with Crippen molar-refractivity contribution in [2.24, 2.45) is 0 Å². The number of rotatable bonds is 3. The number of carbonyl (C=O) groups is 1. The maximum Gasteiger partial charge on any atom is 0.274 e. The van der Waals surface area contributed by atoms with Crippen LogP contribution in [0.3, 0.4) is 0 Å². The van der Waals surface area contributed by atoms with Gasteiger partial charge in [-0.3, -0.25) is 9.78 Å². The van der Waals surface area contributed by atoms with Crippen LogP contribution >= 0.6 is 0 Å². The van der Waals surface area contributed by atoms with Crippen LogP contribution in [0.2, 0.25) is 0 Å². The second kappa shape index (κ2) is 7.05. The maximum atomic E-state index is 12.6. The van der Waals surface area contributed by atoms with Gasteiger partial charge in [0.15, 0.2) is 0 Å². The molecular weight excluding hydrogens is 328 g/mol. The number of pyridine rings is 1. The number of hydrogen-bond acceptors (Lipinski definition) is 6. The summed E-state index contributed by atoms with van der Waals surface area (Å²) in [5.41, 5.74) is 0.953. The third-order valence-corrected chi connectivity index (χ3v) is 4.57. The van der Waals surface area contributed by atoms with Crippen molar-refractivity contribution in [2.45, 2.75) is 0 Å². The molecule has 1 fully saturated rings. The SMILES string of the molecule is CN1CCN(c2ncc(NC(=O)c3nccc4ccccc34)cn2)CC1.